The minimum absolute atomic E-state index is 0.0421. The SMILES string of the molecule is Cc1ccc(S(=O)(=O)[C@H](CNC(=O)COc2ccc(Cl)cc2)c2cccs2)cc1. The van der Waals surface area contributed by atoms with Gasteiger partial charge in [0.25, 0.3) is 5.91 Å². The molecule has 1 heterocycles. The van der Waals surface area contributed by atoms with Crippen LogP contribution in [0, 0.1) is 6.92 Å². The Labute approximate surface area is 179 Å². The second kappa shape index (κ2) is 9.43. The Morgan fingerprint density at radius 1 is 1.10 bits per heavy atom. The maximum atomic E-state index is 13.2. The third-order valence-electron chi connectivity index (χ3n) is 4.25. The number of carbonyl (C=O) groups excluding carboxylic acids is 1. The molecule has 0 saturated carbocycles. The number of hydrogen-bond donors (Lipinski definition) is 1. The van der Waals surface area contributed by atoms with Crippen LogP contribution in [0.1, 0.15) is 15.7 Å². The van der Waals surface area contributed by atoms with Crippen LogP contribution in [0.5, 0.6) is 5.75 Å². The fraction of sp³-hybridized carbons (Fsp3) is 0.190. The molecule has 0 spiro atoms. The molecule has 0 aliphatic carbocycles. The van der Waals surface area contributed by atoms with Crippen LogP contribution in [0.15, 0.2) is 70.9 Å². The number of ether oxygens (including phenoxy) is 1. The summed E-state index contributed by atoms with van der Waals surface area (Å²) in [6.07, 6.45) is 0. The predicted octanol–water partition coefficient (Wildman–Crippen LogP) is 4.42. The average molecular weight is 450 g/mol. The molecule has 1 atom stereocenters. The van der Waals surface area contributed by atoms with Crippen molar-refractivity contribution in [1.82, 2.24) is 5.32 Å². The largest absolute Gasteiger partial charge is 0.484 e. The van der Waals surface area contributed by atoms with Gasteiger partial charge in [-0.3, -0.25) is 4.79 Å². The van der Waals surface area contributed by atoms with Crippen LogP contribution in [0.4, 0.5) is 0 Å². The van der Waals surface area contributed by atoms with Crippen LogP contribution in [-0.4, -0.2) is 27.5 Å². The van der Waals surface area contributed by atoms with Crippen LogP contribution in [-0.2, 0) is 14.6 Å². The summed E-state index contributed by atoms with van der Waals surface area (Å²) in [6.45, 7) is 1.64. The normalized spacial score (nSPS) is 12.3. The number of rotatable bonds is 8. The van der Waals surface area contributed by atoms with E-state index in [1.54, 1.807) is 60.7 Å². The Hall–Kier alpha value is -2.35. The Morgan fingerprint density at radius 3 is 2.41 bits per heavy atom. The van der Waals surface area contributed by atoms with Gasteiger partial charge in [0, 0.05) is 16.4 Å². The molecule has 2 aromatic carbocycles. The van der Waals surface area contributed by atoms with Crippen LogP contribution >= 0.6 is 22.9 Å². The minimum Gasteiger partial charge on any atom is -0.484 e. The van der Waals surface area contributed by atoms with E-state index < -0.39 is 21.0 Å². The first kappa shape index (κ1) is 21.4. The molecule has 1 aromatic heterocycles. The molecule has 1 N–H and O–H groups in total. The Morgan fingerprint density at radius 2 is 1.79 bits per heavy atom. The second-order valence-corrected chi connectivity index (χ2v) is 9.95. The molecule has 0 unspecified atom stereocenters. The van der Waals surface area contributed by atoms with E-state index in [0.717, 1.165) is 5.56 Å². The average Bonchev–Trinajstić information content (AvgIpc) is 3.22. The van der Waals surface area contributed by atoms with Crippen molar-refractivity contribution in [3.8, 4) is 5.75 Å². The first-order chi connectivity index (χ1) is 13.9. The van der Waals surface area contributed by atoms with Gasteiger partial charge in [0.1, 0.15) is 11.0 Å². The quantitative estimate of drug-likeness (QED) is 0.552. The van der Waals surface area contributed by atoms with E-state index in [2.05, 4.69) is 5.32 Å². The number of carbonyl (C=O) groups is 1. The van der Waals surface area contributed by atoms with E-state index >= 15 is 0 Å². The summed E-state index contributed by atoms with van der Waals surface area (Å²) in [5.74, 6) is 0.104. The maximum Gasteiger partial charge on any atom is 0.257 e. The first-order valence-corrected chi connectivity index (χ1v) is 11.7. The van der Waals surface area contributed by atoms with Crippen molar-refractivity contribution in [1.29, 1.82) is 0 Å². The molecular weight excluding hydrogens is 430 g/mol. The summed E-state index contributed by atoms with van der Waals surface area (Å²) in [5.41, 5.74) is 0.976. The third-order valence-corrected chi connectivity index (χ3v) is 7.74. The zero-order valence-corrected chi connectivity index (χ0v) is 18.1. The monoisotopic (exact) mass is 449 g/mol. The first-order valence-electron chi connectivity index (χ1n) is 8.85. The summed E-state index contributed by atoms with van der Waals surface area (Å²) in [4.78, 5) is 13.1. The van der Waals surface area contributed by atoms with Gasteiger partial charge < -0.3 is 10.1 Å². The molecule has 0 radical (unpaired) electrons. The highest BCUT2D eigenvalue weighted by atomic mass is 35.5. The van der Waals surface area contributed by atoms with Crippen LogP contribution in [0.2, 0.25) is 5.02 Å². The summed E-state index contributed by atoms with van der Waals surface area (Å²) in [7, 11) is -3.67. The molecule has 8 heteroatoms. The second-order valence-electron chi connectivity index (χ2n) is 6.41. The van der Waals surface area contributed by atoms with Crippen molar-refractivity contribution in [2.24, 2.45) is 0 Å². The van der Waals surface area contributed by atoms with Gasteiger partial charge in [0.15, 0.2) is 16.4 Å². The summed E-state index contributed by atoms with van der Waals surface area (Å²) < 4.78 is 31.8. The number of nitrogens with one attached hydrogen (secondary N) is 1. The van der Waals surface area contributed by atoms with Crippen molar-refractivity contribution in [2.75, 3.05) is 13.2 Å². The van der Waals surface area contributed by atoms with Gasteiger partial charge in [0.05, 0.1) is 4.90 Å². The Balaban J connectivity index is 1.69. The van der Waals surface area contributed by atoms with E-state index in [0.29, 0.717) is 15.6 Å². The maximum absolute atomic E-state index is 13.2. The fourth-order valence-corrected chi connectivity index (χ4v) is 5.58. The lowest BCUT2D eigenvalue weighted by molar-refractivity contribution is -0.123. The number of hydrogen-bond acceptors (Lipinski definition) is 5. The van der Waals surface area contributed by atoms with E-state index in [9.17, 15) is 13.2 Å². The van der Waals surface area contributed by atoms with E-state index in [1.807, 2.05) is 12.3 Å². The van der Waals surface area contributed by atoms with E-state index in [1.165, 1.54) is 11.3 Å². The van der Waals surface area contributed by atoms with Gasteiger partial charge in [0.2, 0.25) is 0 Å². The highest BCUT2D eigenvalue weighted by Gasteiger charge is 2.30. The minimum atomic E-state index is -3.67. The van der Waals surface area contributed by atoms with Gasteiger partial charge >= 0.3 is 0 Å². The highest BCUT2D eigenvalue weighted by molar-refractivity contribution is 7.91. The number of aryl methyl sites for hydroxylation is 1. The molecule has 0 bridgehead atoms. The standard InChI is InChI=1S/C21H20ClNO4S2/c1-15-4-10-18(11-5-15)29(25,26)20(19-3-2-12-28-19)13-23-21(24)14-27-17-8-6-16(22)7-9-17/h2-12,20H,13-14H2,1H3,(H,23,24)/t20-/m1/s1. The molecular formula is C21H20ClNO4S2. The summed E-state index contributed by atoms with van der Waals surface area (Å²) in [6, 6.07) is 16.9. The van der Waals surface area contributed by atoms with E-state index in [4.69, 9.17) is 16.3 Å². The number of amides is 1. The fourth-order valence-electron chi connectivity index (χ4n) is 2.67. The third kappa shape index (κ3) is 5.59. The van der Waals surface area contributed by atoms with Crippen molar-refractivity contribution in [3.63, 3.8) is 0 Å². The van der Waals surface area contributed by atoms with Crippen LogP contribution < -0.4 is 10.1 Å². The lowest BCUT2D eigenvalue weighted by atomic mass is 10.2. The van der Waals surface area contributed by atoms with E-state index in [-0.39, 0.29) is 18.0 Å². The van der Waals surface area contributed by atoms with Gasteiger partial charge in [-0.15, -0.1) is 11.3 Å². The zero-order chi connectivity index (χ0) is 20.9. The molecule has 3 aromatic rings. The molecule has 0 saturated heterocycles. The molecule has 0 aliphatic heterocycles. The van der Waals surface area contributed by atoms with Crippen molar-refractivity contribution in [2.45, 2.75) is 17.1 Å². The predicted molar refractivity (Wildman–Crippen MR) is 115 cm³/mol. The zero-order valence-electron chi connectivity index (χ0n) is 15.7. The lowest BCUT2D eigenvalue weighted by Crippen LogP contribution is -2.34. The molecule has 5 nitrogen and oxygen atoms in total. The van der Waals surface area contributed by atoms with Gasteiger partial charge in [-0.2, -0.15) is 0 Å². The number of thiophene rings is 1. The number of benzene rings is 2. The van der Waals surface area contributed by atoms with Gasteiger partial charge in [-0.05, 0) is 54.8 Å². The molecule has 1 amide bonds. The smallest absolute Gasteiger partial charge is 0.257 e. The topological polar surface area (TPSA) is 72.5 Å². The molecule has 29 heavy (non-hydrogen) atoms. The molecule has 152 valence electrons. The molecule has 3 rings (SSSR count). The number of halogens is 1. The Kier molecular flexibility index (Phi) is 6.95. The summed E-state index contributed by atoms with van der Waals surface area (Å²) >= 11 is 7.16. The van der Waals surface area contributed by atoms with Crippen molar-refractivity contribution in [3.05, 3.63) is 81.5 Å². The summed E-state index contributed by atoms with van der Waals surface area (Å²) in [5, 5.41) is 4.20. The Bertz CT molecular complexity index is 1050. The number of sulfone groups is 1. The van der Waals surface area contributed by atoms with Crippen LogP contribution in [0.25, 0.3) is 0 Å². The van der Waals surface area contributed by atoms with Crippen LogP contribution in [0.3, 0.4) is 0 Å². The van der Waals surface area contributed by atoms with Gasteiger partial charge in [-0.25, -0.2) is 8.42 Å². The van der Waals surface area contributed by atoms with Crippen molar-refractivity contribution >= 4 is 38.7 Å². The highest BCUT2D eigenvalue weighted by Crippen LogP contribution is 2.31. The molecule has 0 aliphatic rings. The molecule has 0 fully saturated rings. The van der Waals surface area contributed by atoms with Crippen molar-refractivity contribution < 1.29 is 17.9 Å². The lowest BCUT2D eigenvalue weighted by Gasteiger charge is -2.18. The van der Waals surface area contributed by atoms with Gasteiger partial charge in [-0.1, -0.05) is 35.4 Å².